The molecule has 3 aromatic rings. The van der Waals surface area contributed by atoms with Crippen LogP contribution in [0.5, 0.6) is 11.5 Å². The molecule has 0 bridgehead atoms. The van der Waals surface area contributed by atoms with Crippen molar-refractivity contribution in [1.82, 2.24) is 15.0 Å². The number of nitrogens with zero attached hydrogens (tertiary/aromatic N) is 2. The van der Waals surface area contributed by atoms with Crippen LogP contribution in [0.2, 0.25) is 0 Å². The van der Waals surface area contributed by atoms with Crippen molar-refractivity contribution in [1.29, 1.82) is 0 Å². The molecule has 0 atom stereocenters. The van der Waals surface area contributed by atoms with Crippen LogP contribution < -0.4 is 15.0 Å². The van der Waals surface area contributed by atoms with E-state index < -0.39 is 0 Å². The number of fused-ring (bicyclic) bond motifs is 1. The van der Waals surface area contributed by atoms with Crippen LogP contribution >= 0.6 is 11.8 Å². The van der Waals surface area contributed by atoms with Crippen LogP contribution in [0.15, 0.2) is 32.6 Å². The molecule has 29 heavy (non-hydrogen) atoms. The molecule has 2 aromatic heterocycles. The molecule has 0 fully saturated rings. The number of methoxy groups -OCH3 is 1. The Kier molecular flexibility index (Phi) is 5.62. The fraction of sp³-hybridized carbons (Fsp3) is 0.381. The number of thioether (sulfide) groups is 1. The largest absolute Gasteiger partial charge is 0.493 e. The zero-order valence-electron chi connectivity index (χ0n) is 16.7. The zero-order valence-corrected chi connectivity index (χ0v) is 17.5. The van der Waals surface area contributed by atoms with Crippen LogP contribution in [0, 0.1) is 6.92 Å². The second kappa shape index (κ2) is 8.32. The molecule has 0 spiro atoms. The molecule has 0 amide bonds. The number of rotatable bonds is 7. The molecular formula is C21H23N3O4S. The Hall–Kier alpha value is -2.74. The van der Waals surface area contributed by atoms with Crippen LogP contribution in [0.4, 0.5) is 0 Å². The van der Waals surface area contributed by atoms with Crippen molar-refractivity contribution in [3.05, 3.63) is 51.3 Å². The van der Waals surface area contributed by atoms with E-state index >= 15 is 0 Å². The van der Waals surface area contributed by atoms with Crippen molar-refractivity contribution in [2.24, 2.45) is 0 Å². The summed E-state index contributed by atoms with van der Waals surface area (Å²) in [6, 6.07) is 5.60. The lowest BCUT2D eigenvalue weighted by molar-refractivity contribution is 0.311. The van der Waals surface area contributed by atoms with E-state index in [9.17, 15) is 4.79 Å². The molecule has 1 N–H and O–H groups in total. The highest BCUT2D eigenvalue weighted by Gasteiger charge is 2.18. The zero-order chi connectivity index (χ0) is 20.4. The molecule has 0 radical (unpaired) electrons. The Bertz CT molecular complexity index is 1090. The number of oxazole rings is 1. The smallest absolute Gasteiger partial charge is 0.254 e. The summed E-state index contributed by atoms with van der Waals surface area (Å²) in [5, 5.41) is 0.627. The van der Waals surface area contributed by atoms with Gasteiger partial charge in [0.2, 0.25) is 5.89 Å². The maximum absolute atomic E-state index is 12.2. The van der Waals surface area contributed by atoms with Crippen LogP contribution in [0.1, 0.15) is 36.1 Å². The first-order chi connectivity index (χ1) is 14.1. The van der Waals surface area contributed by atoms with Gasteiger partial charge in [-0.1, -0.05) is 11.8 Å². The van der Waals surface area contributed by atoms with Crippen molar-refractivity contribution < 1.29 is 13.9 Å². The Morgan fingerprint density at radius 1 is 1.24 bits per heavy atom. The van der Waals surface area contributed by atoms with E-state index in [0.29, 0.717) is 34.9 Å². The van der Waals surface area contributed by atoms with E-state index in [1.165, 1.54) is 11.8 Å². The van der Waals surface area contributed by atoms with Gasteiger partial charge in [0.05, 0.1) is 25.1 Å². The van der Waals surface area contributed by atoms with Gasteiger partial charge in [-0.3, -0.25) is 4.79 Å². The predicted octanol–water partition coefficient (Wildman–Crippen LogP) is 3.92. The van der Waals surface area contributed by atoms with E-state index in [4.69, 9.17) is 13.9 Å². The first-order valence-corrected chi connectivity index (χ1v) is 10.6. The summed E-state index contributed by atoms with van der Waals surface area (Å²) in [5.74, 6) is 3.14. The molecule has 1 aromatic carbocycles. The van der Waals surface area contributed by atoms with E-state index in [2.05, 4.69) is 15.0 Å². The number of benzene rings is 1. The summed E-state index contributed by atoms with van der Waals surface area (Å²) in [5.41, 5.74) is 3.37. The highest BCUT2D eigenvalue weighted by molar-refractivity contribution is 7.98. The summed E-state index contributed by atoms with van der Waals surface area (Å²) in [6.45, 7) is 4.38. The second-order valence-corrected chi connectivity index (χ2v) is 7.72. The minimum atomic E-state index is -0.0194. The van der Waals surface area contributed by atoms with E-state index in [0.717, 1.165) is 47.5 Å². The minimum absolute atomic E-state index is 0.0194. The fourth-order valence-corrected chi connectivity index (χ4v) is 4.27. The molecule has 1 aliphatic rings. The van der Waals surface area contributed by atoms with Crippen molar-refractivity contribution in [3.63, 3.8) is 0 Å². The van der Waals surface area contributed by atoms with Crippen LogP contribution in [-0.4, -0.2) is 28.7 Å². The Balaban J connectivity index is 1.53. The summed E-state index contributed by atoms with van der Waals surface area (Å²) in [4.78, 5) is 24.3. The monoisotopic (exact) mass is 413 g/mol. The molecule has 4 rings (SSSR count). The van der Waals surface area contributed by atoms with Crippen molar-refractivity contribution in [2.75, 3.05) is 13.7 Å². The number of hydrogen-bond acceptors (Lipinski definition) is 7. The number of hydrogen-bond donors (Lipinski definition) is 1. The first-order valence-electron chi connectivity index (χ1n) is 9.61. The molecule has 2 heterocycles. The van der Waals surface area contributed by atoms with Crippen LogP contribution in [0.3, 0.4) is 0 Å². The molecule has 152 valence electrons. The Labute approximate surface area is 172 Å². The molecule has 0 saturated carbocycles. The summed E-state index contributed by atoms with van der Waals surface area (Å²) in [6.07, 6.45) is 2.69. The normalized spacial score (nSPS) is 12.8. The molecule has 0 aliphatic heterocycles. The third-order valence-corrected chi connectivity index (χ3v) is 5.75. The van der Waals surface area contributed by atoms with Crippen molar-refractivity contribution >= 4 is 11.8 Å². The van der Waals surface area contributed by atoms with Gasteiger partial charge in [-0.2, -0.15) is 0 Å². The molecule has 1 aliphatic carbocycles. The van der Waals surface area contributed by atoms with Gasteiger partial charge >= 0.3 is 0 Å². The summed E-state index contributed by atoms with van der Waals surface area (Å²) < 4.78 is 16.8. The summed E-state index contributed by atoms with van der Waals surface area (Å²) >= 11 is 1.46. The quantitative estimate of drug-likeness (QED) is 0.464. The second-order valence-electron chi connectivity index (χ2n) is 6.76. The molecule has 7 nitrogen and oxygen atoms in total. The van der Waals surface area contributed by atoms with Gasteiger partial charge in [0.15, 0.2) is 16.7 Å². The number of aromatic amines is 1. The maximum atomic E-state index is 12.2. The van der Waals surface area contributed by atoms with E-state index in [1.54, 1.807) is 7.11 Å². The molecular weight excluding hydrogens is 390 g/mol. The number of H-pyrrole nitrogens is 1. The standard InChI is InChI=1S/C21H23N3O4S/c1-4-27-17-9-8-13(10-18(17)26-3)20-22-16(12(2)28-20)11-29-21-23-15-7-5-6-14(15)19(25)24-21/h8-10H,4-7,11H2,1-3H3,(H,23,24,25). The molecule has 8 heteroatoms. The third kappa shape index (κ3) is 4.03. The summed E-state index contributed by atoms with van der Waals surface area (Å²) in [7, 11) is 1.61. The topological polar surface area (TPSA) is 90.2 Å². The van der Waals surface area contributed by atoms with Gasteiger partial charge in [0, 0.05) is 16.9 Å². The lowest BCUT2D eigenvalue weighted by Crippen LogP contribution is -2.14. The van der Waals surface area contributed by atoms with Gasteiger partial charge in [-0.05, 0) is 51.3 Å². The van der Waals surface area contributed by atoms with E-state index in [-0.39, 0.29) is 5.56 Å². The molecule has 0 saturated heterocycles. The maximum Gasteiger partial charge on any atom is 0.254 e. The number of aryl methyl sites for hydroxylation is 2. The Morgan fingerprint density at radius 2 is 2.10 bits per heavy atom. The average Bonchev–Trinajstić information content (AvgIpc) is 3.34. The Morgan fingerprint density at radius 3 is 2.90 bits per heavy atom. The fourth-order valence-electron chi connectivity index (χ4n) is 3.38. The van der Waals surface area contributed by atoms with Gasteiger partial charge in [-0.25, -0.2) is 9.97 Å². The van der Waals surface area contributed by atoms with Gasteiger partial charge in [0.25, 0.3) is 5.56 Å². The lowest BCUT2D eigenvalue weighted by atomic mass is 10.2. The predicted molar refractivity (Wildman–Crippen MR) is 111 cm³/mol. The van der Waals surface area contributed by atoms with Crippen molar-refractivity contribution in [2.45, 2.75) is 44.0 Å². The first kappa shape index (κ1) is 19.6. The highest BCUT2D eigenvalue weighted by atomic mass is 32.2. The third-order valence-electron chi connectivity index (χ3n) is 4.87. The van der Waals surface area contributed by atoms with Crippen molar-refractivity contribution in [3.8, 4) is 23.0 Å². The van der Waals surface area contributed by atoms with Gasteiger partial charge < -0.3 is 18.9 Å². The average molecular weight is 413 g/mol. The number of aromatic nitrogens is 3. The van der Waals surface area contributed by atoms with Crippen LogP contribution in [-0.2, 0) is 18.6 Å². The SMILES string of the molecule is CCOc1ccc(-c2nc(CSc3nc4c(c(=O)[nH]3)CCC4)c(C)o2)cc1OC. The number of ether oxygens (including phenoxy) is 2. The van der Waals surface area contributed by atoms with Crippen LogP contribution in [0.25, 0.3) is 11.5 Å². The van der Waals surface area contributed by atoms with Gasteiger partial charge in [0.1, 0.15) is 5.76 Å². The molecule has 0 unspecified atom stereocenters. The highest BCUT2D eigenvalue weighted by Crippen LogP contribution is 2.33. The van der Waals surface area contributed by atoms with Gasteiger partial charge in [-0.15, -0.1) is 0 Å². The number of nitrogens with one attached hydrogen (secondary N) is 1. The minimum Gasteiger partial charge on any atom is -0.493 e. The van der Waals surface area contributed by atoms with E-state index in [1.807, 2.05) is 32.0 Å². The lowest BCUT2D eigenvalue weighted by Gasteiger charge is -2.09.